The molecule has 12 rings (SSSR count). The summed E-state index contributed by atoms with van der Waals surface area (Å²) in [5, 5.41) is 5.09. The van der Waals surface area contributed by atoms with Gasteiger partial charge >= 0.3 is 0 Å². The molecule has 56 heavy (non-hydrogen) atoms. The molecule has 5 atom stereocenters. The molecule has 0 radical (unpaired) electrons. The summed E-state index contributed by atoms with van der Waals surface area (Å²) in [6.07, 6.45) is 0.991. The maximum absolute atomic E-state index is 7.32. The van der Waals surface area contributed by atoms with Crippen LogP contribution in [0.2, 0.25) is 0 Å². The quantitative estimate of drug-likeness (QED) is 0.175. The first-order valence-electron chi connectivity index (χ1n) is 19.7. The van der Waals surface area contributed by atoms with E-state index in [-0.39, 0.29) is 30.0 Å². The predicted octanol–water partition coefficient (Wildman–Crippen LogP) is 13.9. The molecule has 268 valence electrons. The molecule has 4 heteroatoms. The lowest BCUT2D eigenvalue weighted by atomic mass is 9.65. The molecule has 2 aliphatic heterocycles. The van der Waals surface area contributed by atoms with E-state index in [0.717, 1.165) is 35.0 Å². The number of benzene rings is 8. The van der Waals surface area contributed by atoms with Gasteiger partial charge in [-0.2, -0.15) is 0 Å². The summed E-state index contributed by atoms with van der Waals surface area (Å²) in [6, 6.07) is 66.4. The van der Waals surface area contributed by atoms with Gasteiger partial charge in [0.25, 0.3) is 0 Å². The second-order valence-electron chi connectivity index (χ2n) is 15.5. The molecule has 3 nitrogen and oxygen atoms in total. The predicted molar refractivity (Wildman–Crippen MR) is 232 cm³/mol. The van der Waals surface area contributed by atoms with Crippen LogP contribution in [-0.4, -0.2) is 12.2 Å². The second-order valence-corrected chi connectivity index (χ2v) is 16.6. The molecule has 1 aromatic heterocycles. The molecule has 0 bridgehead atoms. The first kappa shape index (κ1) is 31.9. The van der Waals surface area contributed by atoms with Gasteiger partial charge in [0.2, 0.25) is 0 Å². The summed E-state index contributed by atoms with van der Waals surface area (Å²) in [5.74, 6) is 2.56. The van der Waals surface area contributed by atoms with Gasteiger partial charge in [-0.15, -0.1) is 11.3 Å². The smallest absolute Gasteiger partial charge is 0.125 e. The van der Waals surface area contributed by atoms with Gasteiger partial charge < -0.3 is 14.4 Å². The number of ether oxygens (including phenoxy) is 2. The maximum atomic E-state index is 7.32. The van der Waals surface area contributed by atoms with E-state index in [0.29, 0.717) is 0 Å². The highest BCUT2D eigenvalue weighted by Crippen LogP contribution is 2.60. The van der Waals surface area contributed by atoms with E-state index >= 15 is 0 Å². The molecule has 0 spiro atoms. The van der Waals surface area contributed by atoms with E-state index in [1.807, 2.05) is 11.3 Å². The maximum Gasteiger partial charge on any atom is 0.125 e. The first-order valence-corrected chi connectivity index (χ1v) is 20.5. The monoisotopic (exact) mass is 739 g/mol. The van der Waals surface area contributed by atoms with Crippen LogP contribution in [0.4, 0.5) is 17.1 Å². The number of thiophene rings is 1. The number of rotatable bonds is 5. The molecule has 1 aliphatic carbocycles. The van der Waals surface area contributed by atoms with Gasteiger partial charge in [0.05, 0.1) is 10.4 Å². The van der Waals surface area contributed by atoms with Crippen LogP contribution in [0.15, 0.2) is 182 Å². The lowest BCUT2D eigenvalue weighted by molar-refractivity contribution is 0.0605. The van der Waals surface area contributed by atoms with E-state index in [1.165, 1.54) is 58.8 Å². The van der Waals surface area contributed by atoms with E-state index < -0.39 is 0 Å². The SMILES string of the molecule is c1ccc(-c2cccc(N(c3ccc4c(c3)OC3C4CC4Oc5ccccc5C4[C@@H]3c3ccc4ccccc4c3)c3cccc4c3sc3ccccc34)c2)cc1. The first-order chi connectivity index (χ1) is 27.7. The van der Waals surface area contributed by atoms with Crippen LogP contribution in [-0.2, 0) is 0 Å². The molecule has 0 amide bonds. The van der Waals surface area contributed by atoms with Gasteiger partial charge in [0.15, 0.2) is 0 Å². The highest BCUT2D eigenvalue weighted by molar-refractivity contribution is 7.26. The molecule has 3 heterocycles. The number of nitrogens with zero attached hydrogens (tertiary/aromatic N) is 1. The van der Waals surface area contributed by atoms with Crippen molar-refractivity contribution in [2.75, 3.05) is 4.90 Å². The summed E-state index contributed by atoms with van der Waals surface area (Å²) in [4.78, 5) is 2.44. The van der Waals surface area contributed by atoms with Gasteiger partial charge in [-0.1, -0.05) is 140 Å². The van der Waals surface area contributed by atoms with Crippen LogP contribution < -0.4 is 14.4 Å². The van der Waals surface area contributed by atoms with Crippen LogP contribution in [0.25, 0.3) is 42.1 Å². The minimum absolute atomic E-state index is 0.0155. The Kier molecular flexibility index (Phi) is 7.18. The third-order valence-electron chi connectivity index (χ3n) is 12.5. The zero-order valence-corrected chi connectivity index (χ0v) is 31.4. The van der Waals surface area contributed by atoms with Gasteiger partial charge in [-0.25, -0.2) is 0 Å². The lowest BCUT2D eigenvalue weighted by Gasteiger charge is -2.40. The highest BCUT2D eigenvalue weighted by Gasteiger charge is 2.55. The number of hydrogen-bond donors (Lipinski definition) is 0. The van der Waals surface area contributed by atoms with Crippen molar-refractivity contribution in [3.8, 4) is 22.6 Å². The molecule has 8 aromatic carbocycles. The van der Waals surface area contributed by atoms with Gasteiger partial charge in [-0.3, -0.25) is 0 Å². The second kappa shape index (κ2) is 12.6. The third kappa shape index (κ3) is 4.95. The summed E-state index contributed by atoms with van der Waals surface area (Å²) in [7, 11) is 0. The zero-order valence-electron chi connectivity index (χ0n) is 30.6. The number of hydrogen-bond acceptors (Lipinski definition) is 4. The Labute approximate surface area is 330 Å². The topological polar surface area (TPSA) is 21.7 Å². The number of para-hydroxylation sites is 1. The van der Waals surface area contributed by atoms with Crippen LogP contribution in [0, 0.1) is 0 Å². The Hall–Kier alpha value is -6.36. The normalized spacial score (nSPS) is 20.5. The minimum Gasteiger partial charge on any atom is -0.489 e. The van der Waals surface area contributed by atoms with Crippen LogP contribution in [0.3, 0.4) is 0 Å². The van der Waals surface area contributed by atoms with Crippen molar-refractivity contribution in [1.29, 1.82) is 0 Å². The molecule has 9 aromatic rings. The summed E-state index contributed by atoms with van der Waals surface area (Å²) < 4.78 is 16.7. The zero-order chi connectivity index (χ0) is 36.7. The van der Waals surface area contributed by atoms with E-state index in [1.54, 1.807) is 0 Å². The molecule has 1 saturated carbocycles. The van der Waals surface area contributed by atoms with Crippen molar-refractivity contribution in [3.05, 3.63) is 199 Å². The molecule has 0 saturated heterocycles. The Morgan fingerprint density at radius 2 is 1.27 bits per heavy atom. The standard InChI is InChI=1S/C52H37NO2S/c1-2-12-32(13-3-1)35-16-10-17-37(29-35)53(44-21-11-20-41-40-18-7-9-23-48(40)56-52(41)44)38-26-27-39-43-31-47-50(42-19-6-8-22-45(42)54-47)49(51(43)55-46(39)30-38)36-25-24-33-14-4-5-15-34(33)28-36/h1-30,43,47,49-51H,31H2/t43?,47?,49-,50?,51?/m0/s1. The molecule has 3 aliphatic rings. The summed E-state index contributed by atoms with van der Waals surface area (Å²) in [5.41, 5.74) is 9.64. The molecular formula is C52H37NO2S. The fraction of sp³-hybridized carbons (Fsp3) is 0.115. The summed E-state index contributed by atoms with van der Waals surface area (Å²) in [6.45, 7) is 0. The fourth-order valence-corrected chi connectivity index (χ4v) is 11.2. The Bertz CT molecular complexity index is 2970. The lowest BCUT2D eigenvalue weighted by Crippen LogP contribution is -2.42. The molecular weight excluding hydrogens is 703 g/mol. The van der Waals surface area contributed by atoms with Crippen LogP contribution >= 0.6 is 11.3 Å². The van der Waals surface area contributed by atoms with Crippen molar-refractivity contribution in [1.82, 2.24) is 0 Å². The Morgan fingerprint density at radius 3 is 2.21 bits per heavy atom. The highest BCUT2D eigenvalue weighted by atomic mass is 32.1. The van der Waals surface area contributed by atoms with Crippen molar-refractivity contribution < 1.29 is 9.47 Å². The van der Waals surface area contributed by atoms with Gasteiger partial charge in [0, 0.05) is 61.8 Å². The number of anilines is 3. The number of fused-ring (bicyclic) bond motifs is 10. The van der Waals surface area contributed by atoms with Gasteiger partial charge in [-0.05, 0) is 70.3 Å². The van der Waals surface area contributed by atoms with E-state index in [9.17, 15) is 0 Å². The van der Waals surface area contributed by atoms with Crippen molar-refractivity contribution >= 4 is 59.3 Å². The molecule has 0 N–H and O–H groups in total. The largest absolute Gasteiger partial charge is 0.489 e. The molecule has 1 fully saturated rings. The third-order valence-corrected chi connectivity index (χ3v) is 13.7. The summed E-state index contributed by atoms with van der Waals surface area (Å²) >= 11 is 1.86. The van der Waals surface area contributed by atoms with Crippen LogP contribution in [0.1, 0.15) is 40.9 Å². The average molecular weight is 740 g/mol. The van der Waals surface area contributed by atoms with Crippen molar-refractivity contribution in [2.24, 2.45) is 0 Å². The van der Waals surface area contributed by atoms with E-state index in [2.05, 4.69) is 187 Å². The fourth-order valence-electron chi connectivity index (χ4n) is 10.0. The Balaban J connectivity index is 1.01. The van der Waals surface area contributed by atoms with Crippen molar-refractivity contribution in [3.63, 3.8) is 0 Å². The minimum atomic E-state index is -0.0155. The average Bonchev–Trinajstić information content (AvgIpc) is 3.94. The Morgan fingerprint density at radius 1 is 0.500 bits per heavy atom. The molecule has 4 unspecified atom stereocenters. The van der Waals surface area contributed by atoms with Crippen LogP contribution in [0.5, 0.6) is 11.5 Å². The van der Waals surface area contributed by atoms with E-state index in [4.69, 9.17) is 9.47 Å². The van der Waals surface area contributed by atoms with Crippen molar-refractivity contribution in [2.45, 2.75) is 36.4 Å². The van der Waals surface area contributed by atoms with Gasteiger partial charge in [0.1, 0.15) is 23.7 Å².